The largest absolute Gasteiger partial charge is 0.496 e. The number of hydrogen-bond acceptors (Lipinski definition) is 3. The van der Waals surface area contributed by atoms with Gasteiger partial charge in [-0.05, 0) is 37.5 Å². The van der Waals surface area contributed by atoms with Crippen LogP contribution in [0.3, 0.4) is 0 Å². The average molecular weight is 263 g/mol. The van der Waals surface area contributed by atoms with E-state index in [1.165, 1.54) is 4.90 Å². The number of aliphatic carboxylic acids is 1. The highest BCUT2D eigenvalue weighted by Crippen LogP contribution is 2.29. The standard InChI is InChI=1S/C14H17NO4/c1-9-3-4-10(7-12(9)19-2)14(18)15(8-13(16)17)11-5-6-11/h3-4,7,11H,5-6,8H2,1-2H3,(H,16,17). The van der Waals surface area contributed by atoms with Gasteiger partial charge >= 0.3 is 5.97 Å². The Hall–Kier alpha value is -2.04. The van der Waals surface area contributed by atoms with Crippen LogP contribution in [0, 0.1) is 6.92 Å². The number of ether oxygens (including phenoxy) is 1. The third-order valence-corrected chi connectivity index (χ3v) is 3.21. The Balaban J connectivity index is 2.23. The van der Waals surface area contributed by atoms with Gasteiger partial charge in [-0.2, -0.15) is 0 Å². The lowest BCUT2D eigenvalue weighted by Crippen LogP contribution is -2.37. The first-order valence-electron chi connectivity index (χ1n) is 6.20. The van der Waals surface area contributed by atoms with Gasteiger partial charge in [0.05, 0.1) is 7.11 Å². The highest BCUT2D eigenvalue weighted by molar-refractivity contribution is 5.96. The molecule has 1 saturated carbocycles. The zero-order valence-corrected chi connectivity index (χ0v) is 11.0. The maximum Gasteiger partial charge on any atom is 0.323 e. The number of carbonyl (C=O) groups excluding carboxylic acids is 1. The summed E-state index contributed by atoms with van der Waals surface area (Å²) in [5, 5.41) is 8.88. The number of aryl methyl sites for hydroxylation is 1. The molecule has 0 bridgehead atoms. The molecule has 1 aliphatic rings. The van der Waals surface area contributed by atoms with Crippen molar-refractivity contribution in [2.75, 3.05) is 13.7 Å². The highest BCUT2D eigenvalue weighted by atomic mass is 16.5. The van der Waals surface area contributed by atoms with E-state index in [0.29, 0.717) is 11.3 Å². The highest BCUT2D eigenvalue weighted by Gasteiger charge is 2.34. The minimum atomic E-state index is -0.987. The number of hydrogen-bond donors (Lipinski definition) is 1. The summed E-state index contributed by atoms with van der Waals surface area (Å²) in [7, 11) is 1.55. The summed E-state index contributed by atoms with van der Waals surface area (Å²) in [4.78, 5) is 24.6. The normalized spacial score (nSPS) is 14.0. The molecule has 1 aromatic rings. The van der Waals surface area contributed by atoms with Gasteiger partial charge in [-0.25, -0.2) is 0 Å². The van der Waals surface area contributed by atoms with Gasteiger partial charge in [0.15, 0.2) is 0 Å². The van der Waals surface area contributed by atoms with Crippen LogP contribution in [-0.4, -0.2) is 41.6 Å². The van der Waals surface area contributed by atoms with Gasteiger partial charge in [-0.3, -0.25) is 9.59 Å². The molecule has 0 spiro atoms. The first-order valence-corrected chi connectivity index (χ1v) is 6.20. The van der Waals surface area contributed by atoms with Crippen molar-refractivity contribution in [1.82, 2.24) is 4.90 Å². The molecule has 0 aliphatic heterocycles. The predicted octanol–water partition coefficient (Wildman–Crippen LogP) is 1.69. The van der Waals surface area contributed by atoms with Crippen molar-refractivity contribution in [1.29, 1.82) is 0 Å². The average Bonchev–Trinajstić information content (AvgIpc) is 3.20. The van der Waals surface area contributed by atoms with Crippen molar-refractivity contribution in [2.24, 2.45) is 0 Å². The Labute approximate surface area is 111 Å². The van der Waals surface area contributed by atoms with Crippen molar-refractivity contribution in [3.8, 4) is 5.75 Å². The van der Waals surface area contributed by atoms with E-state index in [-0.39, 0.29) is 18.5 Å². The number of nitrogens with zero attached hydrogens (tertiary/aromatic N) is 1. The second-order valence-electron chi connectivity index (χ2n) is 4.74. The molecular formula is C14H17NO4. The molecular weight excluding hydrogens is 246 g/mol. The van der Waals surface area contributed by atoms with E-state index in [9.17, 15) is 9.59 Å². The van der Waals surface area contributed by atoms with Crippen molar-refractivity contribution < 1.29 is 19.4 Å². The SMILES string of the molecule is COc1cc(C(=O)N(CC(=O)O)C2CC2)ccc1C. The topological polar surface area (TPSA) is 66.8 Å². The smallest absolute Gasteiger partial charge is 0.323 e. The Morgan fingerprint density at radius 3 is 2.63 bits per heavy atom. The van der Waals surface area contributed by atoms with Gasteiger partial charge in [0.2, 0.25) is 0 Å². The molecule has 102 valence electrons. The molecule has 1 aliphatic carbocycles. The molecule has 1 N–H and O–H groups in total. The van der Waals surface area contributed by atoms with Crippen LogP contribution in [-0.2, 0) is 4.79 Å². The molecule has 5 heteroatoms. The van der Waals surface area contributed by atoms with E-state index < -0.39 is 5.97 Å². The van der Waals surface area contributed by atoms with Gasteiger partial charge in [0.1, 0.15) is 12.3 Å². The summed E-state index contributed by atoms with van der Waals surface area (Å²) < 4.78 is 5.19. The van der Waals surface area contributed by atoms with Crippen LogP contribution in [0.2, 0.25) is 0 Å². The lowest BCUT2D eigenvalue weighted by atomic mass is 10.1. The molecule has 0 saturated heterocycles. The van der Waals surface area contributed by atoms with Crippen LogP contribution in [0.5, 0.6) is 5.75 Å². The maximum atomic E-state index is 12.3. The number of benzene rings is 1. The zero-order chi connectivity index (χ0) is 14.0. The van der Waals surface area contributed by atoms with E-state index in [0.717, 1.165) is 18.4 Å². The Bertz CT molecular complexity index is 508. The molecule has 1 fully saturated rings. The summed E-state index contributed by atoms with van der Waals surface area (Å²) in [6.45, 7) is 1.64. The third-order valence-electron chi connectivity index (χ3n) is 3.21. The number of rotatable bonds is 5. The number of carbonyl (C=O) groups is 2. The monoisotopic (exact) mass is 263 g/mol. The van der Waals surface area contributed by atoms with Crippen LogP contribution >= 0.6 is 0 Å². The van der Waals surface area contributed by atoms with Crippen LogP contribution in [0.4, 0.5) is 0 Å². The van der Waals surface area contributed by atoms with Crippen LogP contribution in [0.15, 0.2) is 18.2 Å². The maximum absolute atomic E-state index is 12.3. The summed E-state index contributed by atoms with van der Waals surface area (Å²) >= 11 is 0. The Morgan fingerprint density at radius 1 is 1.42 bits per heavy atom. The van der Waals surface area contributed by atoms with Gasteiger partial charge in [-0.1, -0.05) is 6.07 Å². The number of amides is 1. The van der Waals surface area contributed by atoms with Crippen molar-refractivity contribution in [3.05, 3.63) is 29.3 Å². The molecule has 1 amide bonds. The molecule has 0 heterocycles. The fraction of sp³-hybridized carbons (Fsp3) is 0.429. The van der Waals surface area contributed by atoms with E-state index >= 15 is 0 Å². The molecule has 1 aromatic carbocycles. The first-order chi connectivity index (χ1) is 9.02. The van der Waals surface area contributed by atoms with E-state index in [4.69, 9.17) is 9.84 Å². The van der Waals surface area contributed by atoms with Gasteiger partial charge in [0, 0.05) is 11.6 Å². The molecule has 0 radical (unpaired) electrons. The number of methoxy groups -OCH3 is 1. The van der Waals surface area contributed by atoms with Crippen molar-refractivity contribution in [2.45, 2.75) is 25.8 Å². The fourth-order valence-electron chi connectivity index (χ4n) is 2.02. The van der Waals surface area contributed by atoms with Crippen LogP contribution < -0.4 is 4.74 Å². The Kier molecular flexibility index (Phi) is 3.74. The lowest BCUT2D eigenvalue weighted by molar-refractivity contribution is -0.137. The summed E-state index contributed by atoms with van der Waals surface area (Å²) in [5.41, 5.74) is 1.41. The molecule has 0 atom stereocenters. The molecule has 0 unspecified atom stereocenters. The van der Waals surface area contributed by atoms with Crippen molar-refractivity contribution >= 4 is 11.9 Å². The molecule has 0 aromatic heterocycles. The quantitative estimate of drug-likeness (QED) is 0.878. The predicted molar refractivity (Wildman–Crippen MR) is 69.4 cm³/mol. The third kappa shape index (κ3) is 3.05. The molecule has 5 nitrogen and oxygen atoms in total. The minimum absolute atomic E-state index is 0.0656. The summed E-state index contributed by atoms with van der Waals surface area (Å²) in [6, 6.07) is 5.24. The Morgan fingerprint density at radius 2 is 2.11 bits per heavy atom. The zero-order valence-electron chi connectivity index (χ0n) is 11.0. The van der Waals surface area contributed by atoms with Crippen LogP contribution in [0.25, 0.3) is 0 Å². The van der Waals surface area contributed by atoms with Gasteiger partial charge in [-0.15, -0.1) is 0 Å². The molecule has 2 rings (SSSR count). The van der Waals surface area contributed by atoms with Gasteiger partial charge in [0.25, 0.3) is 5.91 Å². The van der Waals surface area contributed by atoms with Crippen LogP contribution in [0.1, 0.15) is 28.8 Å². The van der Waals surface area contributed by atoms with E-state index in [1.54, 1.807) is 25.3 Å². The second-order valence-corrected chi connectivity index (χ2v) is 4.74. The van der Waals surface area contributed by atoms with Gasteiger partial charge < -0.3 is 14.7 Å². The van der Waals surface area contributed by atoms with E-state index in [2.05, 4.69) is 0 Å². The minimum Gasteiger partial charge on any atom is -0.496 e. The first kappa shape index (κ1) is 13.4. The number of carboxylic acid groups (broad SMARTS) is 1. The summed E-state index contributed by atoms with van der Waals surface area (Å²) in [5.74, 6) is -0.598. The van der Waals surface area contributed by atoms with E-state index in [1.807, 2.05) is 6.92 Å². The fourth-order valence-corrected chi connectivity index (χ4v) is 2.02. The lowest BCUT2D eigenvalue weighted by Gasteiger charge is -2.20. The summed E-state index contributed by atoms with van der Waals surface area (Å²) in [6.07, 6.45) is 1.75. The second kappa shape index (κ2) is 5.30. The van der Waals surface area contributed by atoms with Crippen molar-refractivity contribution in [3.63, 3.8) is 0 Å². The number of carboxylic acids is 1. The molecule has 19 heavy (non-hydrogen) atoms.